The van der Waals surface area contributed by atoms with Crippen LogP contribution < -0.4 is 19.7 Å². The van der Waals surface area contributed by atoms with Crippen LogP contribution in [-0.4, -0.2) is 83.9 Å². The van der Waals surface area contributed by atoms with Crippen LogP contribution in [0.2, 0.25) is 0 Å². The van der Waals surface area contributed by atoms with Crippen LogP contribution in [0.15, 0.2) is 42.5 Å². The number of carbonyl (C=O) groups excluding carboxylic acids is 4. The van der Waals surface area contributed by atoms with Crippen molar-refractivity contribution in [2.45, 2.75) is 50.5 Å². The quantitative estimate of drug-likeness (QED) is 0.208. The number of phenols is 1. The molecule has 3 aliphatic heterocycles. The lowest BCUT2D eigenvalue weighted by Gasteiger charge is -2.38. The van der Waals surface area contributed by atoms with Crippen LogP contribution in [0.25, 0.3) is 21.7 Å². The summed E-state index contributed by atoms with van der Waals surface area (Å²) in [6, 6.07) is 10.0. The molecule has 4 amide bonds. The molecule has 4 N–H and O–H groups in total. The summed E-state index contributed by atoms with van der Waals surface area (Å²) >= 11 is 0. The van der Waals surface area contributed by atoms with Crippen LogP contribution >= 0.6 is 0 Å². The first-order chi connectivity index (χ1) is 24.1. The summed E-state index contributed by atoms with van der Waals surface area (Å²) in [6.45, 7) is 0.728. The highest BCUT2D eigenvalue weighted by Gasteiger charge is 2.46. The maximum Gasteiger partial charge on any atom is 0.326 e. The fraction of sp³-hybridized carbons (Fsp3) is 0.364. The number of halogens is 3. The van der Waals surface area contributed by atoms with Crippen molar-refractivity contribution >= 4 is 66.9 Å². The average Bonchev–Trinajstić information content (AvgIpc) is 3.54. The number of carbonyl (C=O) groups is 4. The number of phenolic OH excluding ortho intramolecular Hbond substituents is 1. The molecule has 0 spiro atoms. The predicted molar refractivity (Wildman–Crippen MR) is 178 cm³/mol. The lowest BCUT2D eigenvalue weighted by Crippen LogP contribution is -2.49. The number of likely N-dealkylation sites (tertiary alicyclic amines) is 1. The van der Waals surface area contributed by atoms with Gasteiger partial charge in [-0.25, -0.2) is 22.2 Å². The monoisotopic (exact) mass is 727 g/mol. The van der Waals surface area contributed by atoms with Gasteiger partial charge in [-0.05, 0) is 67.6 Å². The van der Waals surface area contributed by atoms with Gasteiger partial charge < -0.3 is 10.4 Å². The third-order valence-corrected chi connectivity index (χ3v) is 10.9. The van der Waals surface area contributed by atoms with E-state index in [-0.39, 0.29) is 48.3 Å². The number of piperidine rings is 2. The maximum atomic E-state index is 15.7. The van der Waals surface area contributed by atoms with Crippen molar-refractivity contribution in [3.8, 4) is 5.75 Å². The second-order valence-corrected chi connectivity index (χ2v) is 14.5. The Kier molecular flexibility index (Phi) is 8.40. The van der Waals surface area contributed by atoms with E-state index in [0.29, 0.717) is 39.4 Å². The van der Waals surface area contributed by atoms with Crippen molar-refractivity contribution in [1.29, 1.82) is 0 Å². The third kappa shape index (κ3) is 6.22. The molecule has 51 heavy (non-hydrogen) atoms. The van der Waals surface area contributed by atoms with Gasteiger partial charge in [-0.2, -0.15) is 13.5 Å². The van der Waals surface area contributed by atoms with Gasteiger partial charge in [0.15, 0.2) is 5.82 Å². The lowest BCUT2D eigenvalue weighted by atomic mass is 9.85. The molecule has 0 radical (unpaired) electrons. The largest absolute Gasteiger partial charge is 0.506 e. The van der Waals surface area contributed by atoms with Gasteiger partial charge in [-0.15, -0.1) is 0 Å². The van der Waals surface area contributed by atoms with Crippen LogP contribution in [0.5, 0.6) is 5.75 Å². The number of fused-ring (bicyclic) bond motifs is 2. The van der Waals surface area contributed by atoms with Crippen LogP contribution in [0.4, 0.5) is 24.5 Å². The summed E-state index contributed by atoms with van der Waals surface area (Å²) in [6.07, 6.45) is 0.547. The minimum Gasteiger partial charge on any atom is -0.506 e. The van der Waals surface area contributed by atoms with Crippen molar-refractivity contribution in [2.75, 3.05) is 35.8 Å². The second kappa shape index (κ2) is 12.5. The molecule has 268 valence electrons. The standard InChI is InChI=1S/C33H32F3N7O7S/c1-2-42-24-12-17(3-5-21(24)30(39-42)22-7-8-26(45)38-32(22)48)23-9-10-41(16-33(23,35)36)14-27(46)37-19-4-6-20-18(11-19)13-25(44)31(29(20)34)43-15-28(47)40-51(43,49)50/h3-6,11-13,22-23,44H,2,7-10,14-16H2,1H3,(H,37,46)(H,40,47)(H,38,45,48). The van der Waals surface area contributed by atoms with E-state index in [2.05, 4.69) is 15.7 Å². The van der Waals surface area contributed by atoms with Crippen LogP contribution in [-0.2, 0) is 35.9 Å². The Balaban J connectivity index is 1.03. The van der Waals surface area contributed by atoms with Gasteiger partial charge in [-0.1, -0.05) is 12.1 Å². The SMILES string of the molecule is CCn1nc(C2CCC(=O)NC2=O)c2ccc(C3CCN(CC(=O)Nc4ccc5c(F)c(N6CC(=O)NS6(=O)=O)c(O)cc5c4)CC3(F)F)cc21. The smallest absolute Gasteiger partial charge is 0.326 e. The molecule has 2 atom stereocenters. The molecular weight excluding hydrogens is 695 g/mol. The van der Waals surface area contributed by atoms with Crippen molar-refractivity contribution < 1.29 is 45.9 Å². The van der Waals surface area contributed by atoms with E-state index in [0.717, 1.165) is 6.07 Å². The molecule has 4 heterocycles. The van der Waals surface area contributed by atoms with Crippen molar-refractivity contribution in [3.05, 3.63) is 59.5 Å². The highest BCUT2D eigenvalue weighted by molar-refractivity contribution is 7.92. The number of nitrogens with zero attached hydrogens (tertiary/aromatic N) is 4. The van der Waals surface area contributed by atoms with Gasteiger partial charge in [0.25, 0.3) is 11.8 Å². The van der Waals surface area contributed by atoms with E-state index in [1.165, 1.54) is 23.1 Å². The first-order valence-corrected chi connectivity index (χ1v) is 17.6. The zero-order chi connectivity index (χ0) is 36.4. The van der Waals surface area contributed by atoms with Crippen LogP contribution in [0.3, 0.4) is 0 Å². The topological polar surface area (TPSA) is 183 Å². The van der Waals surface area contributed by atoms with Gasteiger partial charge in [0.05, 0.1) is 36.1 Å². The van der Waals surface area contributed by atoms with Gasteiger partial charge in [0, 0.05) is 29.4 Å². The maximum absolute atomic E-state index is 15.7. The first kappa shape index (κ1) is 34.2. The number of imide groups is 1. The molecule has 18 heteroatoms. The second-order valence-electron chi connectivity index (χ2n) is 12.9. The highest BCUT2D eigenvalue weighted by Crippen LogP contribution is 2.42. The summed E-state index contributed by atoms with van der Waals surface area (Å²) in [5, 5.41) is 20.7. The summed E-state index contributed by atoms with van der Waals surface area (Å²) in [4.78, 5) is 50.1. The predicted octanol–water partition coefficient (Wildman–Crippen LogP) is 2.82. The molecule has 3 fully saturated rings. The Morgan fingerprint density at radius 2 is 1.84 bits per heavy atom. The number of aryl methyl sites for hydroxylation is 1. The van der Waals surface area contributed by atoms with Crippen molar-refractivity contribution in [3.63, 3.8) is 0 Å². The number of hydrogen-bond donors (Lipinski definition) is 4. The number of aromatic hydroxyl groups is 1. The number of nitrogens with one attached hydrogen (secondary N) is 3. The minimum absolute atomic E-state index is 0.0523. The Morgan fingerprint density at radius 3 is 2.53 bits per heavy atom. The number of aromatic nitrogens is 2. The minimum atomic E-state index is -4.39. The number of hydrogen-bond acceptors (Lipinski definition) is 9. The van der Waals surface area contributed by atoms with E-state index in [1.807, 2.05) is 6.92 Å². The van der Waals surface area contributed by atoms with Gasteiger partial charge >= 0.3 is 10.2 Å². The molecule has 0 saturated carbocycles. The summed E-state index contributed by atoms with van der Waals surface area (Å²) in [5.41, 5.74) is 1.00. The summed E-state index contributed by atoms with van der Waals surface area (Å²) < 4.78 is 75.0. The summed E-state index contributed by atoms with van der Waals surface area (Å²) in [7, 11) is -4.39. The molecule has 14 nitrogen and oxygen atoms in total. The fourth-order valence-corrected chi connectivity index (χ4v) is 8.31. The van der Waals surface area contributed by atoms with E-state index in [4.69, 9.17) is 0 Å². The zero-order valence-corrected chi connectivity index (χ0v) is 27.9. The Labute approximate surface area is 288 Å². The molecule has 7 rings (SSSR count). The third-order valence-electron chi connectivity index (χ3n) is 9.50. The molecule has 0 aliphatic carbocycles. The molecule has 3 aliphatic rings. The molecule has 0 bridgehead atoms. The first-order valence-electron chi connectivity index (χ1n) is 16.2. The number of alkyl halides is 2. The van der Waals surface area contributed by atoms with Crippen molar-refractivity contribution in [1.82, 2.24) is 24.7 Å². The van der Waals surface area contributed by atoms with Gasteiger partial charge in [-0.3, -0.25) is 34.1 Å². The van der Waals surface area contributed by atoms with Gasteiger partial charge in [0.1, 0.15) is 18.0 Å². The average molecular weight is 728 g/mol. The number of amides is 4. The van der Waals surface area contributed by atoms with Crippen molar-refractivity contribution in [2.24, 2.45) is 0 Å². The highest BCUT2D eigenvalue weighted by atomic mass is 32.2. The number of benzene rings is 3. The van der Waals surface area contributed by atoms with E-state index in [9.17, 15) is 32.7 Å². The number of rotatable bonds is 7. The molecular formula is C33H32F3N7O7S. The van der Waals surface area contributed by atoms with E-state index < -0.39 is 76.0 Å². The normalized spacial score (nSPS) is 22.0. The zero-order valence-electron chi connectivity index (χ0n) is 27.1. The molecule has 3 saturated heterocycles. The Bertz CT molecular complexity index is 2260. The Hall–Kier alpha value is -5.23. The van der Waals surface area contributed by atoms with E-state index >= 15 is 13.2 Å². The van der Waals surface area contributed by atoms with Crippen LogP contribution in [0, 0.1) is 5.82 Å². The molecule has 3 aromatic carbocycles. The summed E-state index contributed by atoms with van der Waals surface area (Å²) in [5.74, 6) is -9.08. The lowest BCUT2D eigenvalue weighted by molar-refractivity contribution is -0.134. The van der Waals surface area contributed by atoms with Gasteiger partial charge in [0.2, 0.25) is 17.7 Å². The molecule has 2 unspecified atom stereocenters. The number of anilines is 2. The molecule has 4 aromatic rings. The Morgan fingerprint density at radius 1 is 1.08 bits per heavy atom. The van der Waals surface area contributed by atoms with Crippen LogP contribution in [0.1, 0.15) is 49.3 Å². The van der Waals surface area contributed by atoms with E-state index in [1.54, 1.807) is 27.6 Å². The molecule has 1 aromatic heterocycles. The fourth-order valence-electron chi connectivity index (χ4n) is 7.14.